The number of thiophene rings is 2. The van der Waals surface area contributed by atoms with Crippen LogP contribution in [-0.4, -0.2) is 20.9 Å². The average Bonchev–Trinajstić information content (AvgIpc) is 3.29. The van der Waals surface area contributed by atoms with Gasteiger partial charge in [-0.1, -0.05) is 30.3 Å². The third kappa shape index (κ3) is 3.58. The van der Waals surface area contributed by atoms with E-state index in [0.717, 1.165) is 0 Å². The lowest BCUT2D eigenvalue weighted by molar-refractivity contribution is 0.0958. The quantitative estimate of drug-likeness (QED) is 0.711. The summed E-state index contributed by atoms with van der Waals surface area (Å²) in [7, 11) is -3.59. The first kappa shape index (κ1) is 16.9. The molecule has 0 aliphatic carbocycles. The highest BCUT2D eigenvalue weighted by atomic mass is 32.2. The number of amides is 1. The highest BCUT2D eigenvalue weighted by molar-refractivity contribution is 7.91. The van der Waals surface area contributed by atoms with Gasteiger partial charge in [-0.2, -0.15) is 0 Å². The van der Waals surface area contributed by atoms with Crippen LogP contribution < -0.4 is 5.32 Å². The molecule has 1 N–H and O–H groups in total. The molecule has 7 heteroatoms. The lowest BCUT2D eigenvalue weighted by atomic mass is 10.3. The van der Waals surface area contributed by atoms with Crippen molar-refractivity contribution in [2.45, 2.75) is 10.1 Å². The molecule has 1 atom stereocenters. The Balaban J connectivity index is 1.86. The second-order valence-corrected chi connectivity index (χ2v) is 9.11. The molecule has 0 spiro atoms. The van der Waals surface area contributed by atoms with E-state index in [2.05, 4.69) is 5.32 Å². The van der Waals surface area contributed by atoms with Crippen molar-refractivity contribution < 1.29 is 13.2 Å². The maximum Gasteiger partial charge on any atom is 0.261 e. The maximum atomic E-state index is 13.0. The summed E-state index contributed by atoms with van der Waals surface area (Å²) in [5.74, 6) is -0.255. The van der Waals surface area contributed by atoms with Crippen molar-refractivity contribution in [1.29, 1.82) is 0 Å². The van der Waals surface area contributed by atoms with Crippen LogP contribution in [0, 0.1) is 0 Å². The summed E-state index contributed by atoms with van der Waals surface area (Å²) >= 11 is 2.70. The van der Waals surface area contributed by atoms with Crippen LogP contribution in [-0.2, 0) is 9.84 Å². The van der Waals surface area contributed by atoms with Gasteiger partial charge in [-0.25, -0.2) is 8.42 Å². The Bertz CT molecular complexity index is 886. The second-order valence-electron chi connectivity index (χ2n) is 5.05. The SMILES string of the molecule is O=C(NCC(c1cccs1)S(=O)(=O)c1ccccc1)c1cccs1. The van der Waals surface area contributed by atoms with Crippen LogP contribution in [0.2, 0.25) is 0 Å². The summed E-state index contributed by atoms with van der Waals surface area (Å²) < 4.78 is 26.0. The molecular weight excluding hydrogens is 362 g/mol. The summed E-state index contributed by atoms with van der Waals surface area (Å²) in [6.07, 6.45) is 0. The van der Waals surface area contributed by atoms with Crippen LogP contribution in [0.1, 0.15) is 19.8 Å². The van der Waals surface area contributed by atoms with Gasteiger partial charge in [-0.15, -0.1) is 22.7 Å². The highest BCUT2D eigenvalue weighted by Crippen LogP contribution is 2.31. The first-order valence-corrected chi connectivity index (χ1v) is 10.5. The fraction of sp³-hybridized carbons (Fsp3) is 0.118. The number of hydrogen-bond donors (Lipinski definition) is 1. The summed E-state index contributed by atoms with van der Waals surface area (Å²) in [5.41, 5.74) is 0. The zero-order chi connectivity index (χ0) is 17.0. The van der Waals surface area contributed by atoms with E-state index in [9.17, 15) is 13.2 Å². The molecule has 3 aromatic rings. The number of carbonyl (C=O) groups is 1. The van der Waals surface area contributed by atoms with Gasteiger partial charge in [0, 0.05) is 11.4 Å². The zero-order valence-electron chi connectivity index (χ0n) is 12.6. The number of rotatable bonds is 6. The van der Waals surface area contributed by atoms with E-state index in [0.29, 0.717) is 9.75 Å². The second kappa shape index (κ2) is 7.29. The van der Waals surface area contributed by atoms with E-state index in [4.69, 9.17) is 0 Å². The van der Waals surface area contributed by atoms with Crippen LogP contribution >= 0.6 is 22.7 Å². The molecule has 0 bridgehead atoms. The van der Waals surface area contributed by atoms with E-state index in [1.807, 2.05) is 16.8 Å². The summed E-state index contributed by atoms with van der Waals surface area (Å²) in [6.45, 7) is 0.0362. The Kier molecular flexibility index (Phi) is 5.13. The Hall–Kier alpha value is -1.96. The van der Waals surface area contributed by atoms with E-state index in [-0.39, 0.29) is 17.3 Å². The molecule has 4 nitrogen and oxygen atoms in total. The van der Waals surface area contributed by atoms with Gasteiger partial charge in [0.25, 0.3) is 5.91 Å². The molecule has 0 aliphatic rings. The standard InChI is InChI=1S/C17H15NO3S3/c19-17(15-9-5-11-23-15)18-12-16(14-8-4-10-22-14)24(20,21)13-6-2-1-3-7-13/h1-11,16H,12H2,(H,18,19). The van der Waals surface area contributed by atoms with Crippen LogP contribution in [0.4, 0.5) is 0 Å². The van der Waals surface area contributed by atoms with Crippen molar-refractivity contribution in [3.05, 3.63) is 75.1 Å². The molecule has 0 saturated carbocycles. The third-order valence-corrected chi connectivity index (χ3v) is 7.60. The van der Waals surface area contributed by atoms with Crippen molar-refractivity contribution in [2.75, 3.05) is 6.54 Å². The van der Waals surface area contributed by atoms with Gasteiger partial charge >= 0.3 is 0 Å². The van der Waals surface area contributed by atoms with Gasteiger partial charge in [-0.3, -0.25) is 4.79 Å². The molecule has 0 aliphatic heterocycles. The van der Waals surface area contributed by atoms with Gasteiger partial charge in [0.05, 0.1) is 9.77 Å². The molecule has 0 saturated heterocycles. The molecule has 1 unspecified atom stereocenters. The zero-order valence-corrected chi connectivity index (χ0v) is 15.0. The van der Waals surface area contributed by atoms with Crippen molar-refractivity contribution in [2.24, 2.45) is 0 Å². The number of benzene rings is 1. The molecule has 1 aromatic carbocycles. The largest absolute Gasteiger partial charge is 0.350 e. The highest BCUT2D eigenvalue weighted by Gasteiger charge is 2.30. The van der Waals surface area contributed by atoms with Gasteiger partial charge in [-0.05, 0) is 35.0 Å². The minimum atomic E-state index is -3.59. The number of carbonyl (C=O) groups excluding carboxylic acids is 1. The maximum absolute atomic E-state index is 13.0. The number of sulfone groups is 1. The van der Waals surface area contributed by atoms with E-state index in [1.54, 1.807) is 48.5 Å². The Labute approximate surface area is 148 Å². The fourth-order valence-electron chi connectivity index (χ4n) is 2.29. The molecule has 124 valence electrons. The average molecular weight is 378 g/mol. The number of nitrogens with one attached hydrogen (secondary N) is 1. The lowest BCUT2D eigenvalue weighted by Crippen LogP contribution is -2.31. The first-order valence-electron chi connectivity index (χ1n) is 7.23. The van der Waals surface area contributed by atoms with Crippen molar-refractivity contribution >= 4 is 38.4 Å². The normalized spacial score (nSPS) is 12.7. The molecule has 2 aromatic heterocycles. The van der Waals surface area contributed by atoms with Gasteiger partial charge in [0.1, 0.15) is 5.25 Å². The van der Waals surface area contributed by atoms with Crippen molar-refractivity contribution in [1.82, 2.24) is 5.32 Å². The Morgan fingerprint density at radius 1 is 0.958 bits per heavy atom. The molecular formula is C17H15NO3S3. The molecule has 24 heavy (non-hydrogen) atoms. The predicted octanol–water partition coefficient (Wildman–Crippen LogP) is 3.75. The smallest absolute Gasteiger partial charge is 0.261 e. The number of hydrogen-bond acceptors (Lipinski definition) is 5. The molecule has 0 radical (unpaired) electrons. The van der Waals surface area contributed by atoms with Crippen LogP contribution in [0.3, 0.4) is 0 Å². The van der Waals surface area contributed by atoms with Crippen molar-refractivity contribution in [3.63, 3.8) is 0 Å². The van der Waals surface area contributed by atoms with Crippen LogP contribution in [0.25, 0.3) is 0 Å². The molecule has 2 heterocycles. The Morgan fingerprint density at radius 2 is 1.67 bits per heavy atom. The predicted molar refractivity (Wildman–Crippen MR) is 97.3 cm³/mol. The van der Waals surface area contributed by atoms with Crippen molar-refractivity contribution in [3.8, 4) is 0 Å². The molecule has 1 amide bonds. The van der Waals surface area contributed by atoms with Gasteiger partial charge in [0.15, 0.2) is 9.84 Å². The van der Waals surface area contributed by atoms with E-state index >= 15 is 0 Å². The topological polar surface area (TPSA) is 63.2 Å². The minimum Gasteiger partial charge on any atom is -0.350 e. The van der Waals surface area contributed by atoms with Crippen LogP contribution in [0.5, 0.6) is 0 Å². The Morgan fingerprint density at radius 3 is 2.29 bits per heavy atom. The summed E-state index contributed by atoms with van der Waals surface area (Å²) in [5, 5.41) is 5.60. The summed E-state index contributed by atoms with van der Waals surface area (Å²) in [4.78, 5) is 13.7. The minimum absolute atomic E-state index is 0.0362. The molecule has 0 fully saturated rings. The summed E-state index contributed by atoms with van der Waals surface area (Å²) in [6, 6.07) is 15.4. The monoisotopic (exact) mass is 377 g/mol. The van der Waals surface area contributed by atoms with Gasteiger partial charge < -0.3 is 5.32 Å². The third-order valence-electron chi connectivity index (χ3n) is 3.50. The van der Waals surface area contributed by atoms with E-state index < -0.39 is 15.1 Å². The molecule has 3 rings (SSSR count). The lowest BCUT2D eigenvalue weighted by Gasteiger charge is -2.17. The fourth-order valence-corrected chi connectivity index (χ4v) is 5.74. The first-order chi connectivity index (χ1) is 11.6. The van der Waals surface area contributed by atoms with Crippen LogP contribution in [0.15, 0.2) is 70.3 Å². The van der Waals surface area contributed by atoms with Gasteiger partial charge in [0.2, 0.25) is 0 Å². The van der Waals surface area contributed by atoms with E-state index in [1.165, 1.54) is 22.7 Å².